The minimum atomic E-state index is -0.0341. The van der Waals surface area contributed by atoms with Crippen molar-refractivity contribution in [2.24, 2.45) is 7.05 Å². The molecule has 2 N–H and O–H groups in total. The largest absolute Gasteiger partial charge is 0.349 e. The molecule has 27 heavy (non-hydrogen) atoms. The number of carbonyl (C=O) groups is 1. The summed E-state index contributed by atoms with van der Waals surface area (Å²) >= 11 is 1.62. The highest BCUT2D eigenvalue weighted by Gasteiger charge is 2.22. The van der Waals surface area contributed by atoms with E-state index in [1.165, 1.54) is 0 Å². The zero-order valence-electron chi connectivity index (χ0n) is 15.2. The number of aryl methyl sites for hydroxylation is 2. The molecule has 0 spiro atoms. The van der Waals surface area contributed by atoms with Gasteiger partial charge in [-0.2, -0.15) is 5.10 Å². The Hall–Kier alpha value is -1.67. The van der Waals surface area contributed by atoms with Gasteiger partial charge in [-0.1, -0.05) is 6.07 Å². The van der Waals surface area contributed by atoms with Gasteiger partial charge in [-0.05, 0) is 50.4 Å². The first-order chi connectivity index (χ1) is 12.1. The fraction of sp³-hybridized carbons (Fsp3) is 0.389. The van der Waals surface area contributed by atoms with E-state index < -0.39 is 0 Å². The molecule has 0 radical (unpaired) electrons. The third-order valence-electron chi connectivity index (χ3n) is 4.66. The van der Waals surface area contributed by atoms with Crippen LogP contribution in [0.2, 0.25) is 0 Å². The van der Waals surface area contributed by atoms with Crippen molar-refractivity contribution in [3.05, 3.63) is 34.8 Å². The van der Waals surface area contributed by atoms with Crippen molar-refractivity contribution in [1.82, 2.24) is 25.4 Å². The lowest BCUT2D eigenvalue weighted by Gasteiger charge is -2.23. The molecule has 3 aromatic heterocycles. The minimum absolute atomic E-state index is 0. The highest BCUT2D eigenvalue weighted by Crippen LogP contribution is 2.29. The maximum atomic E-state index is 13.0. The van der Waals surface area contributed by atoms with Crippen molar-refractivity contribution >= 4 is 53.1 Å². The number of amides is 1. The standard InChI is InChI=1S/C18H21N5OS.2ClH/c1-11-16-13(18(24)20-12-5-7-19-8-6-12)10-14(15-4-3-9-25-15)21-17(16)23(2)22-11;;/h3-4,9-10,12,19H,5-8H2,1-2H3,(H,20,24);2*1H. The predicted octanol–water partition coefficient (Wildman–Crippen LogP) is 3.33. The molecule has 0 bridgehead atoms. The molecule has 0 unspecified atom stereocenters. The summed E-state index contributed by atoms with van der Waals surface area (Å²) in [6.45, 7) is 3.82. The second-order valence-electron chi connectivity index (χ2n) is 6.44. The summed E-state index contributed by atoms with van der Waals surface area (Å²) in [5, 5.41) is 13.9. The van der Waals surface area contributed by atoms with E-state index in [1.807, 2.05) is 37.6 Å². The predicted molar refractivity (Wildman–Crippen MR) is 114 cm³/mol. The average molecular weight is 428 g/mol. The van der Waals surface area contributed by atoms with Gasteiger partial charge in [0.2, 0.25) is 0 Å². The molecule has 3 aromatic rings. The number of fused-ring (bicyclic) bond motifs is 1. The number of hydrogen-bond donors (Lipinski definition) is 2. The Bertz CT molecular complexity index is 920. The van der Waals surface area contributed by atoms with Gasteiger partial charge in [-0.15, -0.1) is 36.2 Å². The molecule has 4 heterocycles. The lowest BCUT2D eigenvalue weighted by atomic mass is 10.0. The van der Waals surface area contributed by atoms with Gasteiger partial charge in [0.25, 0.3) is 5.91 Å². The minimum Gasteiger partial charge on any atom is -0.349 e. The topological polar surface area (TPSA) is 71.8 Å². The second kappa shape index (κ2) is 9.01. The van der Waals surface area contributed by atoms with E-state index in [2.05, 4.69) is 15.7 Å². The van der Waals surface area contributed by atoms with Crippen molar-refractivity contribution in [1.29, 1.82) is 0 Å². The molecular formula is C18H23Cl2N5OS. The number of rotatable bonds is 3. The van der Waals surface area contributed by atoms with Crippen LogP contribution >= 0.6 is 36.2 Å². The SMILES string of the molecule is Cc1nn(C)c2nc(-c3cccs3)cc(C(=O)NC3CCNCC3)c12.Cl.Cl. The monoisotopic (exact) mass is 427 g/mol. The number of piperidine rings is 1. The summed E-state index contributed by atoms with van der Waals surface area (Å²) in [6.07, 6.45) is 1.92. The summed E-state index contributed by atoms with van der Waals surface area (Å²) in [5.41, 5.74) is 3.07. The van der Waals surface area contributed by atoms with Gasteiger partial charge >= 0.3 is 0 Å². The van der Waals surface area contributed by atoms with Crippen LogP contribution in [-0.2, 0) is 7.05 Å². The van der Waals surface area contributed by atoms with Gasteiger partial charge in [0.1, 0.15) is 0 Å². The summed E-state index contributed by atoms with van der Waals surface area (Å²) < 4.78 is 1.75. The molecule has 0 aromatic carbocycles. The maximum absolute atomic E-state index is 13.0. The van der Waals surface area contributed by atoms with Crippen LogP contribution < -0.4 is 10.6 Å². The van der Waals surface area contributed by atoms with Crippen molar-refractivity contribution < 1.29 is 4.79 Å². The first-order valence-electron chi connectivity index (χ1n) is 8.53. The molecular weight excluding hydrogens is 405 g/mol. The van der Waals surface area contributed by atoms with E-state index in [0.717, 1.165) is 53.2 Å². The van der Waals surface area contributed by atoms with Crippen molar-refractivity contribution in [3.63, 3.8) is 0 Å². The Morgan fingerprint density at radius 3 is 2.74 bits per heavy atom. The third kappa shape index (κ3) is 4.27. The molecule has 1 aliphatic rings. The van der Waals surface area contributed by atoms with Crippen LogP contribution in [0.5, 0.6) is 0 Å². The quantitative estimate of drug-likeness (QED) is 0.672. The molecule has 1 saturated heterocycles. The van der Waals surface area contributed by atoms with Gasteiger partial charge in [0.15, 0.2) is 5.65 Å². The van der Waals surface area contributed by atoms with Crippen molar-refractivity contribution in [2.75, 3.05) is 13.1 Å². The smallest absolute Gasteiger partial charge is 0.252 e. The number of pyridine rings is 1. The van der Waals surface area contributed by atoms with Gasteiger partial charge < -0.3 is 10.6 Å². The molecule has 0 atom stereocenters. The number of aromatic nitrogens is 3. The zero-order valence-corrected chi connectivity index (χ0v) is 17.6. The molecule has 146 valence electrons. The molecule has 1 fully saturated rings. The Labute approximate surface area is 174 Å². The molecule has 1 amide bonds. The zero-order chi connectivity index (χ0) is 17.4. The van der Waals surface area contributed by atoms with Crippen molar-refractivity contribution in [2.45, 2.75) is 25.8 Å². The van der Waals surface area contributed by atoms with E-state index in [9.17, 15) is 4.79 Å². The molecule has 1 aliphatic heterocycles. The number of thiophene rings is 1. The number of nitrogens with one attached hydrogen (secondary N) is 2. The van der Waals surface area contributed by atoms with Crippen LogP contribution in [0, 0.1) is 6.92 Å². The Morgan fingerprint density at radius 2 is 2.07 bits per heavy atom. The number of halogens is 2. The number of carbonyl (C=O) groups excluding carboxylic acids is 1. The Balaban J connectivity index is 0.00000131. The fourth-order valence-electron chi connectivity index (χ4n) is 3.40. The van der Waals surface area contributed by atoms with Gasteiger partial charge in [0.05, 0.1) is 27.2 Å². The summed E-state index contributed by atoms with van der Waals surface area (Å²) in [7, 11) is 1.87. The molecule has 4 rings (SSSR count). The summed E-state index contributed by atoms with van der Waals surface area (Å²) in [5.74, 6) is -0.0341. The van der Waals surface area contributed by atoms with Crippen LogP contribution in [0.4, 0.5) is 0 Å². The van der Waals surface area contributed by atoms with Crippen LogP contribution in [-0.4, -0.2) is 39.8 Å². The van der Waals surface area contributed by atoms with E-state index in [0.29, 0.717) is 5.56 Å². The Kier molecular flexibility index (Phi) is 7.22. The van der Waals surface area contributed by atoms with E-state index in [1.54, 1.807) is 16.0 Å². The highest BCUT2D eigenvalue weighted by atomic mass is 35.5. The van der Waals surface area contributed by atoms with Gasteiger partial charge in [-0.25, -0.2) is 4.98 Å². The van der Waals surface area contributed by atoms with Crippen LogP contribution in [0.25, 0.3) is 21.6 Å². The lowest BCUT2D eigenvalue weighted by Crippen LogP contribution is -2.42. The number of nitrogens with zero attached hydrogens (tertiary/aromatic N) is 3. The van der Waals surface area contributed by atoms with Crippen molar-refractivity contribution in [3.8, 4) is 10.6 Å². The van der Waals surface area contributed by atoms with Crippen LogP contribution in [0.1, 0.15) is 28.9 Å². The van der Waals surface area contributed by atoms with E-state index in [4.69, 9.17) is 4.98 Å². The molecule has 6 nitrogen and oxygen atoms in total. The first kappa shape index (κ1) is 21.6. The number of hydrogen-bond acceptors (Lipinski definition) is 5. The normalized spacial score (nSPS) is 14.4. The molecule has 0 saturated carbocycles. The van der Waals surface area contributed by atoms with Crippen LogP contribution in [0.3, 0.4) is 0 Å². The van der Waals surface area contributed by atoms with Crippen LogP contribution in [0.15, 0.2) is 23.6 Å². The fourth-order valence-corrected chi connectivity index (χ4v) is 4.09. The highest BCUT2D eigenvalue weighted by molar-refractivity contribution is 7.13. The lowest BCUT2D eigenvalue weighted by molar-refractivity contribution is 0.0931. The van der Waals surface area contributed by atoms with E-state index in [-0.39, 0.29) is 36.8 Å². The molecule has 9 heteroatoms. The van der Waals surface area contributed by atoms with Gasteiger partial charge in [0, 0.05) is 13.1 Å². The average Bonchev–Trinajstić information content (AvgIpc) is 3.24. The summed E-state index contributed by atoms with van der Waals surface area (Å²) in [6, 6.07) is 6.14. The maximum Gasteiger partial charge on any atom is 0.252 e. The first-order valence-corrected chi connectivity index (χ1v) is 9.41. The van der Waals surface area contributed by atoms with E-state index >= 15 is 0 Å². The second-order valence-corrected chi connectivity index (χ2v) is 7.39. The summed E-state index contributed by atoms with van der Waals surface area (Å²) in [4.78, 5) is 18.8. The third-order valence-corrected chi connectivity index (χ3v) is 5.55. The molecule has 0 aliphatic carbocycles. The van der Waals surface area contributed by atoms with Gasteiger partial charge in [-0.3, -0.25) is 9.48 Å². The Morgan fingerprint density at radius 1 is 1.33 bits per heavy atom.